The van der Waals surface area contributed by atoms with Crippen LogP contribution >= 0.6 is 23.2 Å². The van der Waals surface area contributed by atoms with Crippen molar-refractivity contribution in [1.82, 2.24) is 9.55 Å². The predicted octanol–water partition coefficient (Wildman–Crippen LogP) is 4.00. The topological polar surface area (TPSA) is 154 Å². The summed E-state index contributed by atoms with van der Waals surface area (Å²) in [6.07, 6.45) is -5.07. The molecular formula is C25H18Cl2F3N3O7. The minimum Gasteiger partial charge on any atom is -0.505 e. The van der Waals surface area contributed by atoms with E-state index in [1.54, 1.807) is 0 Å². The predicted molar refractivity (Wildman–Crippen MR) is 137 cm³/mol. The van der Waals surface area contributed by atoms with Crippen LogP contribution in [0.1, 0.15) is 27.3 Å². The van der Waals surface area contributed by atoms with E-state index in [2.05, 4.69) is 15.0 Å². The Labute approximate surface area is 232 Å². The molecule has 0 bridgehead atoms. The highest BCUT2D eigenvalue weighted by Crippen LogP contribution is 2.34. The number of benzene rings is 3. The van der Waals surface area contributed by atoms with E-state index in [0.29, 0.717) is 10.1 Å². The summed E-state index contributed by atoms with van der Waals surface area (Å²) in [6, 6.07) is 9.80. The van der Waals surface area contributed by atoms with Crippen LogP contribution in [0.5, 0.6) is 11.5 Å². The smallest absolute Gasteiger partial charge is 0.505 e. The Hall–Kier alpha value is -3.88. The number of fused-ring (bicyclic) bond motifs is 1. The normalized spacial score (nSPS) is 12.0. The van der Waals surface area contributed by atoms with Crippen LogP contribution in [0.25, 0.3) is 10.9 Å². The van der Waals surface area contributed by atoms with Gasteiger partial charge in [-0.2, -0.15) is 0 Å². The van der Waals surface area contributed by atoms with Gasteiger partial charge in [0.2, 0.25) is 5.82 Å². The molecule has 3 aromatic carbocycles. The maximum absolute atomic E-state index is 13.7. The lowest BCUT2D eigenvalue weighted by molar-refractivity contribution is -0.330. The highest BCUT2D eigenvalue weighted by Gasteiger charge is 2.34. The average molecular weight is 600 g/mol. The molecule has 4 rings (SSSR count). The molecule has 1 amide bonds. The van der Waals surface area contributed by atoms with Crippen molar-refractivity contribution in [3.63, 3.8) is 0 Å². The van der Waals surface area contributed by atoms with Gasteiger partial charge in [-0.3, -0.25) is 14.2 Å². The number of phenolic OH excluding ortho intramolecular Hbond substituents is 1. The van der Waals surface area contributed by atoms with E-state index >= 15 is 0 Å². The highest BCUT2D eigenvalue weighted by molar-refractivity contribution is 6.37. The first-order valence-electron chi connectivity index (χ1n) is 11.1. The number of phenols is 1. The molecule has 1 aromatic heterocycles. The second-order valence-corrected chi connectivity index (χ2v) is 9.33. The van der Waals surface area contributed by atoms with Crippen LogP contribution in [-0.2, 0) is 12.5 Å². The van der Waals surface area contributed by atoms with Crippen molar-refractivity contribution in [2.45, 2.75) is 25.8 Å². The van der Waals surface area contributed by atoms with Crippen LogP contribution in [0, 0.1) is 6.92 Å². The van der Waals surface area contributed by atoms with E-state index in [-0.39, 0.29) is 37.8 Å². The third-order valence-corrected chi connectivity index (χ3v) is 6.24. The maximum atomic E-state index is 13.7. The van der Waals surface area contributed by atoms with Crippen LogP contribution in [0.4, 0.5) is 18.9 Å². The zero-order chi connectivity index (χ0) is 29.6. The molecule has 0 unspecified atom stereocenters. The standard InChI is InChI=1S/C25H18Cl2F3N3O7/c1-11-6-7-16(31-21(35)13-8-14(26)20(34)15(27)9-13)18-19(11)32-23(24(37,38)39)33(22(18)36)10-12-4-2-3-5-17(12)40-25(28,29)30/h2-9,34,37-39H,10H2,1H3,(H,31,35). The van der Waals surface area contributed by atoms with Crippen molar-refractivity contribution in [2.75, 3.05) is 5.32 Å². The second kappa shape index (κ2) is 10.6. The monoisotopic (exact) mass is 599 g/mol. The number of anilines is 1. The van der Waals surface area contributed by atoms with Gasteiger partial charge >= 0.3 is 12.3 Å². The van der Waals surface area contributed by atoms with E-state index < -0.39 is 47.7 Å². The summed E-state index contributed by atoms with van der Waals surface area (Å²) in [7, 11) is 0. The van der Waals surface area contributed by atoms with Gasteiger partial charge in [0, 0.05) is 11.1 Å². The molecule has 0 radical (unpaired) electrons. The van der Waals surface area contributed by atoms with Crippen LogP contribution in [0.3, 0.4) is 0 Å². The summed E-state index contributed by atoms with van der Waals surface area (Å²) in [5.74, 6) is -6.63. The van der Waals surface area contributed by atoms with Crippen LogP contribution in [0.2, 0.25) is 10.0 Å². The molecule has 4 aromatic rings. The first-order valence-corrected chi connectivity index (χ1v) is 11.9. The van der Waals surface area contributed by atoms with Gasteiger partial charge in [0.1, 0.15) is 5.75 Å². The minimum absolute atomic E-state index is 0.0928. The van der Waals surface area contributed by atoms with Crippen molar-refractivity contribution in [1.29, 1.82) is 0 Å². The Kier molecular flexibility index (Phi) is 7.71. The average Bonchev–Trinajstić information content (AvgIpc) is 2.84. The molecule has 5 N–H and O–H groups in total. The number of aliphatic hydroxyl groups is 3. The molecule has 0 aliphatic heterocycles. The molecule has 0 saturated heterocycles. The largest absolute Gasteiger partial charge is 0.573 e. The number of rotatable bonds is 6. The molecule has 1 heterocycles. The van der Waals surface area contributed by atoms with Crippen molar-refractivity contribution in [3.8, 4) is 11.5 Å². The van der Waals surface area contributed by atoms with Gasteiger partial charge in [-0.25, -0.2) is 4.98 Å². The Morgan fingerprint density at radius 3 is 2.30 bits per heavy atom. The molecule has 0 atom stereocenters. The number of aryl methyl sites for hydroxylation is 1. The van der Waals surface area contributed by atoms with Gasteiger partial charge in [-0.1, -0.05) is 47.5 Å². The number of hydrogen-bond donors (Lipinski definition) is 5. The zero-order valence-corrected chi connectivity index (χ0v) is 21.6. The molecule has 40 heavy (non-hydrogen) atoms. The number of carbonyl (C=O) groups excluding carboxylic acids is 1. The third-order valence-electron chi connectivity index (χ3n) is 5.67. The number of aromatic nitrogens is 2. The minimum atomic E-state index is -5.07. The molecule has 10 nitrogen and oxygen atoms in total. The van der Waals surface area contributed by atoms with Crippen molar-refractivity contribution in [3.05, 3.63) is 91.4 Å². The summed E-state index contributed by atoms with van der Waals surface area (Å²) >= 11 is 11.8. The number of para-hydroxylation sites is 1. The number of ether oxygens (including phenoxy) is 1. The molecule has 0 spiro atoms. The fraction of sp³-hybridized carbons (Fsp3) is 0.160. The maximum Gasteiger partial charge on any atom is 0.573 e. The summed E-state index contributed by atoms with van der Waals surface area (Å²) in [5, 5.41) is 41.5. The number of amides is 1. The number of hydrogen-bond acceptors (Lipinski definition) is 8. The fourth-order valence-corrected chi connectivity index (χ4v) is 4.37. The van der Waals surface area contributed by atoms with E-state index in [1.807, 2.05) is 0 Å². The molecule has 0 fully saturated rings. The van der Waals surface area contributed by atoms with Gasteiger partial charge in [0.05, 0.1) is 33.2 Å². The van der Waals surface area contributed by atoms with E-state index in [1.165, 1.54) is 37.3 Å². The van der Waals surface area contributed by atoms with Gasteiger partial charge in [0.15, 0.2) is 5.75 Å². The third kappa shape index (κ3) is 5.98. The first-order chi connectivity index (χ1) is 18.6. The van der Waals surface area contributed by atoms with Gasteiger partial charge in [-0.05, 0) is 36.8 Å². The van der Waals surface area contributed by atoms with Gasteiger partial charge < -0.3 is 30.5 Å². The summed E-state index contributed by atoms with van der Waals surface area (Å²) in [6.45, 7) is 0.756. The molecular weight excluding hydrogens is 582 g/mol. The lowest BCUT2D eigenvalue weighted by Crippen LogP contribution is -2.37. The summed E-state index contributed by atoms with van der Waals surface area (Å²) in [4.78, 5) is 30.7. The van der Waals surface area contributed by atoms with Crippen LogP contribution in [0.15, 0.2) is 53.3 Å². The summed E-state index contributed by atoms with van der Waals surface area (Å²) < 4.78 is 43.4. The van der Waals surface area contributed by atoms with Crippen LogP contribution in [-0.4, -0.2) is 42.2 Å². The number of nitrogens with one attached hydrogen (secondary N) is 1. The SMILES string of the molecule is Cc1ccc(NC(=O)c2cc(Cl)c(O)c(Cl)c2)c2c(=O)n(Cc3ccccc3OC(F)(F)F)c(C(O)(O)O)nc12. The number of nitrogens with zero attached hydrogens (tertiary/aromatic N) is 2. The van der Waals surface area contributed by atoms with Crippen molar-refractivity contribution in [2.24, 2.45) is 0 Å². The van der Waals surface area contributed by atoms with E-state index in [4.69, 9.17) is 23.2 Å². The Bertz CT molecular complexity index is 1680. The van der Waals surface area contributed by atoms with Crippen LogP contribution < -0.4 is 15.6 Å². The fourth-order valence-electron chi connectivity index (χ4n) is 3.88. The molecule has 0 aliphatic carbocycles. The Balaban J connectivity index is 1.90. The molecule has 0 saturated carbocycles. The van der Waals surface area contributed by atoms with Gasteiger partial charge in [0.25, 0.3) is 11.5 Å². The molecule has 210 valence electrons. The van der Waals surface area contributed by atoms with Gasteiger partial charge in [-0.15, -0.1) is 13.2 Å². The lowest BCUT2D eigenvalue weighted by atomic mass is 10.1. The highest BCUT2D eigenvalue weighted by atomic mass is 35.5. The lowest BCUT2D eigenvalue weighted by Gasteiger charge is -2.22. The van der Waals surface area contributed by atoms with Crippen molar-refractivity contribution >= 4 is 45.7 Å². The first kappa shape index (κ1) is 29.1. The Morgan fingerprint density at radius 2 is 1.70 bits per heavy atom. The summed E-state index contributed by atoms with van der Waals surface area (Å²) in [5.41, 5.74) is -1.33. The Morgan fingerprint density at radius 1 is 1.07 bits per heavy atom. The van der Waals surface area contributed by atoms with E-state index in [0.717, 1.165) is 18.2 Å². The quantitative estimate of drug-likeness (QED) is 0.208. The molecule has 15 heteroatoms. The van der Waals surface area contributed by atoms with Crippen molar-refractivity contribution < 1.29 is 43.1 Å². The number of aromatic hydroxyl groups is 1. The number of halogens is 5. The van der Waals surface area contributed by atoms with E-state index in [9.17, 15) is 43.2 Å². The zero-order valence-electron chi connectivity index (χ0n) is 20.1. The second-order valence-electron chi connectivity index (χ2n) is 8.51. The number of carbonyl (C=O) groups is 1. The molecule has 0 aliphatic rings. The number of alkyl halides is 3.